The number of oxime groups is 1. The Kier molecular flexibility index (Phi) is 3.42. The molecule has 4 rings (SSSR count). The Morgan fingerprint density at radius 3 is 2.76 bits per heavy atom. The van der Waals surface area contributed by atoms with Gasteiger partial charge in [-0.15, -0.1) is 0 Å². The SMILES string of the molecule is Cc1ccc2[nH]c3c(cc(-c4cccc(C=NO)c4)c(=O)n3C)c2c1. The second-order valence-electron chi connectivity index (χ2n) is 6.23. The van der Waals surface area contributed by atoms with E-state index in [1.165, 1.54) is 11.8 Å². The third-order valence-electron chi connectivity index (χ3n) is 4.54. The number of aromatic nitrogens is 2. The zero-order valence-corrected chi connectivity index (χ0v) is 13.9. The van der Waals surface area contributed by atoms with Crippen molar-refractivity contribution < 1.29 is 5.21 Å². The lowest BCUT2D eigenvalue weighted by Gasteiger charge is -2.07. The summed E-state index contributed by atoms with van der Waals surface area (Å²) in [4.78, 5) is 16.2. The molecule has 2 aromatic heterocycles. The molecule has 124 valence electrons. The molecule has 0 unspecified atom stereocenters. The van der Waals surface area contributed by atoms with Crippen molar-refractivity contribution in [1.82, 2.24) is 9.55 Å². The lowest BCUT2D eigenvalue weighted by molar-refractivity contribution is 0.322. The summed E-state index contributed by atoms with van der Waals surface area (Å²) in [5, 5.41) is 13.9. The van der Waals surface area contributed by atoms with Crippen LogP contribution in [0.15, 0.2) is 58.5 Å². The molecule has 2 N–H and O–H groups in total. The van der Waals surface area contributed by atoms with E-state index in [0.29, 0.717) is 5.56 Å². The number of H-pyrrole nitrogens is 1. The molecule has 2 heterocycles. The van der Waals surface area contributed by atoms with Gasteiger partial charge in [-0.3, -0.25) is 9.36 Å². The maximum Gasteiger partial charge on any atom is 0.259 e. The predicted molar refractivity (Wildman–Crippen MR) is 101 cm³/mol. The summed E-state index contributed by atoms with van der Waals surface area (Å²) in [7, 11) is 1.77. The second kappa shape index (κ2) is 5.63. The maximum atomic E-state index is 12.9. The quantitative estimate of drug-likeness (QED) is 0.333. The summed E-state index contributed by atoms with van der Waals surface area (Å²) in [5.74, 6) is 0. The van der Waals surface area contributed by atoms with E-state index in [1.54, 1.807) is 11.6 Å². The smallest absolute Gasteiger partial charge is 0.259 e. The summed E-state index contributed by atoms with van der Waals surface area (Å²) in [6.07, 6.45) is 1.35. The van der Waals surface area contributed by atoms with Gasteiger partial charge >= 0.3 is 0 Å². The van der Waals surface area contributed by atoms with Crippen molar-refractivity contribution in [2.75, 3.05) is 0 Å². The van der Waals surface area contributed by atoms with E-state index in [9.17, 15) is 4.79 Å². The Morgan fingerprint density at radius 2 is 1.96 bits per heavy atom. The molecule has 0 saturated heterocycles. The largest absolute Gasteiger partial charge is 0.411 e. The zero-order valence-electron chi connectivity index (χ0n) is 13.9. The van der Waals surface area contributed by atoms with Crippen LogP contribution in [0.1, 0.15) is 11.1 Å². The Hall–Kier alpha value is -3.34. The zero-order chi connectivity index (χ0) is 17.6. The van der Waals surface area contributed by atoms with Gasteiger partial charge in [-0.05, 0) is 42.3 Å². The van der Waals surface area contributed by atoms with E-state index in [1.807, 2.05) is 36.4 Å². The standard InChI is InChI=1S/C20H17N3O2/c1-12-6-7-18-16(8-12)17-10-15(20(24)23(2)19(17)22-18)14-5-3-4-13(9-14)11-21-25/h3-11,22,25H,1-2H3. The fraction of sp³-hybridized carbons (Fsp3) is 0.100. The van der Waals surface area contributed by atoms with Gasteiger partial charge in [-0.25, -0.2) is 0 Å². The minimum Gasteiger partial charge on any atom is -0.411 e. The van der Waals surface area contributed by atoms with Gasteiger partial charge in [0.25, 0.3) is 5.56 Å². The minimum absolute atomic E-state index is 0.0751. The molecule has 0 saturated carbocycles. The molecule has 0 radical (unpaired) electrons. The van der Waals surface area contributed by atoms with Crippen LogP contribution in [0, 0.1) is 6.92 Å². The number of fused-ring (bicyclic) bond motifs is 3. The van der Waals surface area contributed by atoms with Crippen LogP contribution in [0.3, 0.4) is 0 Å². The Balaban J connectivity index is 2.06. The van der Waals surface area contributed by atoms with Gasteiger partial charge in [-0.1, -0.05) is 35.0 Å². The molecule has 2 aromatic carbocycles. The van der Waals surface area contributed by atoms with Crippen LogP contribution in [-0.2, 0) is 7.05 Å². The molecule has 4 aromatic rings. The van der Waals surface area contributed by atoms with Gasteiger partial charge in [0.15, 0.2) is 0 Å². The summed E-state index contributed by atoms with van der Waals surface area (Å²) < 4.78 is 1.65. The third-order valence-corrected chi connectivity index (χ3v) is 4.54. The number of rotatable bonds is 2. The van der Waals surface area contributed by atoms with Gasteiger partial charge in [0, 0.05) is 28.9 Å². The normalized spacial score (nSPS) is 11.8. The van der Waals surface area contributed by atoms with Crippen molar-refractivity contribution >= 4 is 28.2 Å². The van der Waals surface area contributed by atoms with E-state index in [-0.39, 0.29) is 5.56 Å². The summed E-state index contributed by atoms with van der Waals surface area (Å²) >= 11 is 0. The predicted octanol–water partition coefficient (Wildman–Crippen LogP) is 3.80. The lowest BCUT2D eigenvalue weighted by Crippen LogP contribution is -2.18. The number of nitrogens with zero attached hydrogens (tertiary/aromatic N) is 2. The Morgan fingerprint density at radius 1 is 1.12 bits per heavy atom. The second-order valence-corrected chi connectivity index (χ2v) is 6.23. The summed E-state index contributed by atoms with van der Waals surface area (Å²) in [6, 6.07) is 15.5. The molecule has 0 aliphatic heterocycles. The van der Waals surface area contributed by atoms with E-state index < -0.39 is 0 Å². The van der Waals surface area contributed by atoms with Crippen LogP contribution in [-0.4, -0.2) is 21.0 Å². The van der Waals surface area contributed by atoms with Gasteiger partial charge in [0.05, 0.1) is 6.21 Å². The van der Waals surface area contributed by atoms with Crippen LogP contribution >= 0.6 is 0 Å². The highest BCUT2D eigenvalue weighted by molar-refractivity contribution is 6.07. The number of hydrogen-bond donors (Lipinski definition) is 2. The first-order valence-electron chi connectivity index (χ1n) is 7.98. The lowest BCUT2D eigenvalue weighted by atomic mass is 10.0. The Bertz CT molecular complexity index is 1200. The fourth-order valence-corrected chi connectivity index (χ4v) is 3.27. The average molecular weight is 331 g/mol. The van der Waals surface area contributed by atoms with Crippen molar-refractivity contribution in [3.8, 4) is 11.1 Å². The van der Waals surface area contributed by atoms with Crippen LogP contribution < -0.4 is 5.56 Å². The number of aromatic amines is 1. The molecule has 0 atom stereocenters. The maximum absolute atomic E-state index is 12.9. The topological polar surface area (TPSA) is 70.4 Å². The molecule has 0 amide bonds. The average Bonchev–Trinajstić information content (AvgIpc) is 2.96. The first-order valence-corrected chi connectivity index (χ1v) is 7.98. The summed E-state index contributed by atoms with van der Waals surface area (Å²) in [6.45, 7) is 2.05. The number of nitrogens with one attached hydrogen (secondary N) is 1. The molecular weight excluding hydrogens is 314 g/mol. The van der Waals surface area contributed by atoms with Crippen molar-refractivity contribution in [1.29, 1.82) is 0 Å². The highest BCUT2D eigenvalue weighted by Crippen LogP contribution is 2.28. The fourth-order valence-electron chi connectivity index (χ4n) is 3.27. The first kappa shape index (κ1) is 15.2. The first-order chi connectivity index (χ1) is 12.1. The van der Waals surface area contributed by atoms with Crippen LogP contribution in [0.2, 0.25) is 0 Å². The highest BCUT2D eigenvalue weighted by atomic mass is 16.4. The molecule has 0 aliphatic rings. The van der Waals surface area contributed by atoms with Gasteiger partial charge < -0.3 is 10.2 Å². The molecule has 0 fully saturated rings. The van der Waals surface area contributed by atoms with Gasteiger partial charge in [0.1, 0.15) is 5.65 Å². The van der Waals surface area contributed by atoms with Crippen LogP contribution in [0.4, 0.5) is 0 Å². The molecule has 0 aliphatic carbocycles. The highest BCUT2D eigenvalue weighted by Gasteiger charge is 2.13. The van der Waals surface area contributed by atoms with E-state index in [4.69, 9.17) is 5.21 Å². The van der Waals surface area contributed by atoms with Crippen LogP contribution in [0.5, 0.6) is 0 Å². The van der Waals surface area contributed by atoms with Gasteiger partial charge in [-0.2, -0.15) is 0 Å². The van der Waals surface area contributed by atoms with Crippen molar-refractivity contribution in [2.24, 2.45) is 12.2 Å². The molecule has 0 bridgehead atoms. The molecular formula is C20H17N3O2. The third kappa shape index (κ3) is 2.41. The van der Waals surface area contributed by atoms with E-state index in [2.05, 4.69) is 29.2 Å². The molecule has 25 heavy (non-hydrogen) atoms. The minimum atomic E-state index is -0.0751. The van der Waals surface area contributed by atoms with Crippen LogP contribution in [0.25, 0.3) is 33.1 Å². The molecule has 5 heteroatoms. The van der Waals surface area contributed by atoms with Crippen molar-refractivity contribution in [3.63, 3.8) is 0 Å². The summed E-state index contributed by atoms with van der Waals surface area (Å²) in [5.41, 5.74) is 5.06. The number of pyridine rings is 1. The van der Waals surface area contributed by atoms with E-state index in [0.717, 1.165) is 33.1 Å². The van der Waals surface area contributed by atoms with E-state index >= 15 is 0 Å². The number of aryl methyl sites for hydroxylation is 2. The van der Waals surface area contributed by atoms with Gasteiger partial charge in [0.2, 0.25) is 0 Å². The van der Waals surface area contributed by atoms with Crippen molar-refractivity contribution in [2.45, 2.75) is 6.92 Å². The number of benzene rings is 2. The molecule has 0 spiro atoms. The number of hydrogen-bond acceptors (Lipinski definition) is 3. The molecule has 5 nitrogen and oxygen atoms in total. The Labute approximate surface area is 143 Å². The monoisotopic (exact) mass is 331 g/mol. The van der Waals surface area contributed by atoms with Crippen molar-refractivity contribution in [3.05, 3.63) is 70.0 Å².